The number of aliphatic carboxylic acids is 1. The number of furan rings is 1. The molecule has 1 aliphatic heterocycles. The number of carbonyl (C=O) groups is 2. The van der Waals surface area contributed by atoms with Crippen LogP contribution in [-0.4, -0.2) is 52.7 Å². The number of rotatable bonds is 3. The lowest BCUT2D eigenvalue weighted by Gasteiger charge is -2.32. The number of morpholine rings is 1. The fourth-order valence-electron chi connectivity index (χ4n) is 2.23. The highest BCUT2D eigenvalue weighted by atomic mass is 32.1. The third kappa shape index (κ3) is 2.75. The van der Waals surface area contributed by atoms with Gasteiger partial charge in [0, 0.05) is 11.9 Å². The molecule has 2 aromatic rings. The third-order valence-corrected chi connectivity index (χ3v) is 4.21. The van der Waals surface area contributed by atoms with Crippen LogP contribution in [0.2, 0.25) is 0 Å². The Hall–Kier alpha value is -2.19. The molecule has 8 heteroatoms. The Morgan fingerprint density at radius 3 is 2.95 bits per heavy atom. The first-order valence-corrected chi connectivity index (χ1v) is 7.58. The number of carboxylic acids is 1. The van der Waals surface area contributed by atoms with Crippen LogP contribution in [0, 0.1) is 6.92 Å². The van der Waals surface area contributed by atoms with Gasteiger partial charge < -0.3 is 19.2 Å². The number of ether oxygens (including phenoxy) is 1. The second kappa shape index (κ2) is 5.90. The van der Waals surface area contributed by atoms with Crippen molar-refractivity contribution in [2.45, 2.75) is 13.0 Å². The molecule has 0 spiro atoms. The van der Waals surface area contributed by atoms with Gasteiger partial charge in [-0.05, 0) is 19.1 Å². The molecule has 1 saturated heterocycles. The van der Waals surface area contributed by atoms with Gasteiger partial charge in [0.05, 0.1) is 13.2 Å². The van der Waals surface area contributed by atoms with Gasteiger partial charge in [0.2, 0.25) is 0 Å². The number of carbonyl (C=O) groups excluding carboxylic acids is 1. The van der Waals surface area contributed by atoms with Gasteiger partial charge in [-0.3, -0.25) is 4.79 Å². The van der Waals surface area contributed by atoms with E-state index in [-0.39, 0.29) is 18.8 Å². The van der Waals surface area contributed by atoms with Gasteiger partial charge in [-0.1, -0.05) is 0 Å². The lowest BCUT2D eigenvalue weighted by molar-refractivity contribution is -0.147. The van der Waals surface area contributed by atoms with Crippen LogP contribution >= 0.6 is 11.3 Å². The summed E-state index contributed by atoms with van der Waals surface area (Å²) in [6.07, 6.45) is 0. The molecular weight excluding hydrogens is 308 g/mol. The van der Waals surface area contributed by atoms with E-state index < -0.39 is 17.9 Å². The van der Waals surface area contributed by atoms with Crippen LogP contribution in [0.4, 0.5) is 0 Å². The van der Waals surface area contributed by atoms with Crippen molar-refractivity contribution < 1.29 is 23.8 Å². The van der Waals surface area contributed by atoms with Crippen molar-refractivity contribution >= 4 is 23.2 Å². The minimum absolute atomic E-state index is 0.00452. The fraction of sp³-hybridized carbons (Fsp3) is 0.357. The molecule has 3 heterocycles. The number of aryl methyl sites for hydroxylation is 1. The lowest BCUT2D eigenvalue weighted by Crippen LogP contribution is -2.52. The molecule has 1 fully saturated rings. The van der Waals surface area contributed by atoms with Crippen molar-refractivity contribution in [2.24, 2.45) is 0 Å². The Bertz CT molecular complexity index is 708. The van der Waals surface area contributed by atoms with Crippen LogP contribution in [0.5, 0.6) is 0 Å². The fourth-order valence-corrected chi connectivity index (χ4v) is 2.99. The van der Waals surface area contributed by atoms with E-state index in [4.69, 9.17) is 9.15 Å². The molecule has 116 valence electrons. The normalized spacial score (nSPS) is 18.4. The molecule has 3 rings (SSSR count). The van der Waals surface area contributed by atoms with E-state index in [9.17, 15) is 14.7 Å². The van der Waals surface area contributed by atoms with Crippen molar-refractivity contribution in [3.05, 3.63) is 29.0 Å². The average molecular weight is 322 g/mol. The highest BCUT2D eigenvalue weighted by Gasteiger charge is 2.34. The molecule has 22 heavy (non-hydrogen) atoms. The summed E-state index contributed by atoms with van der Waals surface area (Å²) in [6, 6.07) is 2.63. The molecule has 0 aromatic carbocycles. The van der Waals surface area contributed by atoms with Gasteiger partial charge in [0.1, 0.15) is 11.5 Å². The Morgan fingerprint density at radius 2 is 2.27 bits per heavy atom. The molecule has 0 unspecified atom stereocenters. The quantitative estimate of drug-likeness (QED) is 0.923. The van der Waals surface area contributed by atoms with Crippen LogP contribution in [0.3, 0.4) is 0 Å². The molecule has 0 bridgehead atoms. The SMILES string of the molecule is Cc1ccc(-c2nc(C(=O)N3CCOC[C@H]3C(=O)O)cs2)o1. The summed E-state index contributed by atoms with van der Waals surface area (Å²) in [5.74, 6) is -0.123. The van der Waals surface area contributed by atoms with E-state index in [0.29, 0.717) is 17.4 Å². The molecule has 1 aliphatic rings. The lowest BCUT2D eigenvalue weighted by atomic mass is 10.2. The zero-order valence-electron chi connectivity index (χ0n) is 11.8. The van der Waals surface area contributed by atoms with E-state index in [1.165, 1.54) is 16.2 Å². The molecule has 7 nitrogen and oxygen atoms in total. The largest absolute Gasteiger partial charge is 0.480 e. The maximum Gasteiger partial charge on any atom is 0.328 e. The van der Waals surface area contributed by atoms with E-state index in [1.807, 2.05) is 13.0 Å². The topological polar surface area (TPSA) is 92.9 Å². The Morgan fingerprint density at radius 1 is 1.45 bits per heavy atom. The predicted octanol–water partition coefficient (Wildman–Crippen LogP) is 1.64. The molecular formula is C14H14N2O5S. The molecule has 1 atom stereocenters. The summed E-state index contributed by atoms with van der Waals surface area (Å²) in [4.78, 5) is 29.3. The zero-order chi connectivity index (χ0) is 15.7. The highest BCUT2D eigenvalue weighted by Crippen LogP contribution is 2.26. The van der Waals surface area contributed by atoms with E-state index in [1.54, 1.807) is 11.4 Å². The second-order valence-corrected chi connectivity index (χ2v) is 5.73. The smallest absolute Gasteiger partial charge is 0.328 e. The van der Waals surface area contributed by atoms with E-state index >= 15 is 0 Å². The maximum absolute atomic E-state index is 12.5. The summed E-state index contributed by atoms with van der Waals surface area (Å²) in [6.45, 7) is 2.39. The van der Waals surface area contributed by atoms with Gasteiger partial charge >= 0.3 is 5.97 Å². The van der Waals surface area contributed by atoms with E-state index in [2.05, 4.69) is 4.98 Å². The van der Waals surface area contributed by atoms with Gasteiger partial charge in [-0.25, -0.2) is 9.78 Å². The Labute approximate surface area is 130 Å². The zero-order valence-corrected chi connectivity index (χ0v) is 12.6. The van der Waals surface area contributed by atoms with Crippen molar-refractivity contribution in [2.75, 3.05) is 19.8 Å². The monoisotopic (exact) mass is 322 g/mol. The van der Waals surface area contributed by atoms with Crippen molar-refractivity contribution in [3.63, 3.8) is 0 Å². The van der Waals surface area contributed by atoms with Crippen molar-refractivity contribution in [3.8, 4) is 10.8 Å². The summed E-state index contributed by atoms with van der Waals surface area (Å²) in [5.41, 5.74) is 0.224. The van der Waals surface area contributed by atoms with Crippen molar-refractivity contribution in [1.29, 1.82) is 0 Å². The third-order valence-electron chi connectivity index (χ3n) is 3.35. The second-order valence-electron chi connectivity index (χ2n) is 4.88. The minimum atomic E-state index is -1.08. The van der Waals surface area contributed by atoms with E-state index in [0.717, 1.165) is 5.76 Å². The predicted molar refractivity (Wildman–Crippen MR) is 77.8 cm³/mol. The first kappa shape index (κ1) is 14.7. The number of carboxylic acid groups (broad SMARTS) is 1. The number of hydrogen-bond donors (Lipinski definition) is 1. The number of nitrogens with zero attached hydrogens (tertiary/aromatic N) is 2. The van der Waals surface area contributed by atoms with Crippen LogP contribution in [-0.2, 0) is 9.53 Å². The highest BCUT2D eigenvalue weighted by molar-refractivity contribution is 7.13. The first-order valence-electron chi connectivity index (χ1n) is 6.70. The maximum atomic E-state index is 12.5. The Balaban J connectivity index is 1.83. The summed E-state index contributed by atoms with van der Waals surface area (Å²) < 4.78 is 10.6. The molecule has 0 aliphatic carbocycles. The number of amides is 1. The first-order chi connectivity index (χ1) is 10.6. The summed E-state index contributed by atoms with van der Waals surface area (Å²) >= 11 is 1.29. The van der Waals surface area contributed by atoms with Gasteiger partial charge in [-0.2, -0.15) is 0 Å². The minimum Gasteiger partial charge on any atom is -0.480 e. The molecule has 2 aromatic heterocycles. The molecule has 1 amide bonds. The van der Waals surface area contributed by atoms with Gasteiger partial charge in [0.15, 0.2) is 16.8 Å². The van der Waals surface area contributed by atoms with Gasteiger partial charge in [-0.15, -0.1) is 11.3 Å². The average Bonchev–Trinajstić information content (AvgIpc) is 3.15. The van der Waals surface area contributed by atoms with Crippen LogP contribution in [0.15, 0.2) is 21.9 Å². The van der Waals surface area contributed by atoms with Crippen molar-refractivity contribution in [1.82, 2.24) is 9.88 Å². The number of thiazole rings is 1. The molecule has 0 radical (unpaired) electrons. The Kier molecular flexibility index (Phi) is 3.95. The van der Waals surface area contributed by atoms with Gasteiger partial charge in [0.25, 0.3) is 5.91 Å². The molecule has 0 saturated carbocycles. The summed E-state index contributed by atoms with van der Waals surface area (Å²) in [7, 11) is 0. The number of hydrogen-bond acceptors (Lipinski definition) is 6. The molecule has 1 N–H and O–H groups in total. The van der Waals surface area contributed by atoms with Crippen LogP contribution < -0.4 is 0 Å². The standard InChI is InChI=1S/C14H14N2O5S/c1-8-2-3-11(21-8)12-15-9(7-22-12)13(17)16-4-5-20-6-10(16)14(18)19/h2-3,7,10H,4-6H2,1H3,(H,18,19)/t10-/m0/s1. The van der Waals surface area contributed by atoms with Crippen LogP contribution in [0.25, 0.3) is 10.8 Å². The summed E-state index contributed by atoms with van der Waals surface area (Å²) in [5, 5.41) is 11.4. The number of aromatic nitrogens is 1. The van der Waals surface area contributed by atoms with Crippen LogP contribution in [0.1, 0.15) is 16.2 Å².